The van der Waals surface area contributed by atoms with Gasteiger partial charge in [-0.15, -0.1) is 0 Å². The molecule has 1 N–H and O–H groups in total. The highest BCUT2D eigenvalue weighted by atomic mass is 16.2. The zero-order valence-corrected chi connectivity index (χ0v) is 9.12. The van der Waals surface area contributed by atoms with Crippen molar-refractivity contribution in [1.82, 2.24) is 10.2 Å². The molecule has 3 heteroatoms. The number of hydrogen-bond donors (Lipinski definition) is 1. The van der Waals surface area contributed by atoms with E-state index in [0.717, 1.165) is 25.4 Å². The zero-order chi connectivity index (χ0) is 10.1. The van der Waals surface area contributed by atoms with Crippen LogP contribution in [0.3, 0.4) is 0 Å². The SMILES string of the molecule is CCCC1NCN(C(C)C2CC2)C1=O. The fourth-order valence-corrected chi connectivity index (χ4v) is 2.27. The molecule has 0 radical (unpaired) electrons. The summed E-state index contributed by atoms with van der Waals surface area (Å²) >= 11 is 0. The maximum atomic E-state index is 11.9. The van der Waals surface area contributed by atoms with Crippen molar-refractivity contribution in [2.45, 2.75) is 51.6 Å². The maximum absolute atomic E-state index is 11.9. The van der Waals surface area contributed by atoms with Crippen molar-refractivity contribution in [3.05, 3.63) is 0 Å². The average Bonchev–Trinajstić information content (AvgIpc) is 2.94. The Morgan fingerprint density at radius 2 is 2.29 bits per heavy atom. The lowest BCUT2D eigenvalue weighted by atomic mass is 10.1. The lowest BCUT2D eigenvalue weighted by Gasteiger charge is -2.23. The minimum atomic E-state index is 0.0983. The number of hydrogen-bond acceptors (Lipinski definition) is 2. The van der Waals surface area contributed by atoms with E-state index < -0.39 is 0 Å². The van der Waals surface area contributed by atoms with Crippen molar-refractivity contribution in [1.29, 1.82) is 0 Å². The summed E-state index contributed by atoms with van der Waals surface area (Å²) in [6.07, 6.45) is 4.68. The van der Waals surface area contributed by atoms with E-state index >= 15 is 0 Å². The number of carbonyl (C=O) groups is 1. The van der Waals surface area contributed by atoms with Crippen LogP contribution in [0.5, 0.6) is 0 Å². The highest BCUT2D eigenvalue weighted by Crippen LogP contribution is 2.35. The second-order valence-corrected chi connectivity index (χ2v) is 4.59. The molecule has 2 rings (SSSR count). The molecule has 0 bridgehead atoms. The van der Waals surface area contributed by atoms with Crippen molar-refractivity contribution in [2.75, 3.05) is 6.67 Å². The van der Waals surface area contributed by atoms with Gasteiger partial charge in [0.2, 0.25) is 5.91 Å². The van der Waals surface area contributed by atoms with E-state index in [1.165, 1.54) is 12.8 Å². The highest BCUT2D eigenvalue weighted by Gasteiger charge is 2.39. The van der Waals surface area contributed by atoms with E-state index in [4.69, 9.17) is 0 Å². The fourth-order valence-electron chi connectivity index (χ4n) is 2.27. The minimum absolute atomic E-state index is 0.0983. The lowest BCUT2D eigenvalue weighted by molar-refractivity contribution is -0.131. The van der Waals surface area contributed by atoms with Crippen molar-refractivity contribution in [3.8, 4) is 0 Å². The molecule has 80 valence electrons. The molecule has 0 spiro atoms. The summed E-state index contributed by atoms with van der Waals surface area (Å²) in [5.74, 6) is 1.10. The van der Waals surface area contributed by atoms with Crippen molar-refractivity contribution < 1.29 is 4.79 Å². The summed E-state index contributed by atoms with van der Waals surface area (Å²) in [4.78, 5) is 14.0. The second kappa shape index (κ2) is 3.89. The van der Waals surface area contributed by atoms with Gasteiger partial charge >= 0.3 is 0 Å². The quantitative estimate of drug-likeness (QED) is 0.736. The van der Waals surface area contributed by atoms with Crippen LogP contribution >= 0.6 is 0 Å². The van der Waals surface area contributed by atoms with E-state index in [2.05, 4.69) is 19.2 Å². The lowest BCUT2D eigenvalue weighted by Crippen LogP contribution is -2.38. The molecular formula is C11H20N2O. The topological polar surface area (TPSA) is 32.3 Å². The van der Waals surface area contributed by atoms with Crippen LogP contribution in [0.25, 0.3) is 0 Å². The van der Waals surface area contributed by atoms with Gasteiger partial charge in [-0.25, -0.2) is 0 Å². The van der Waals surface area contributed by atoms with E-state index in [9.17, 15) is 4.79 Å². The van der Waals surface area contributed by atoms with Crippen LogP contribution in [0.4, 0.5) is 0 Å². The van der Waals surface area contributed by atoms with Gasteiger partial charge in [0.1, 0.15) is 0 Å². The van der Waals surface area contributed by atoms with Gasteiger partial charge in [0.05, 0.1) is 12.7 Å². The summed E-state index contributed by atoms with van der Waals surface area (Å²) in [6.45, 7) is 5.08. The van der Waals surface area contributed by atoms with Crippen molar-refractivity contribution in [3.63, 3.8) is 0 Å². The summed E-state index contributed by atoms with van der Waals surface area (Å²) < 4.78 is 0. The van der Waals surface area contributed by atoms with Crippen LogP contribution in [0.2, 0.25) is 0 Å². The summed E-state index contributed by atoms with van der Waals surface area (Å²) in [6, 6.07) is 0.554. The number of nitrogens with one attached hydrogen (secondary N) is 1. The van der Waals surface area contributed by atoms with Crippen LogP contribution in [0.1, 0.15) is 39.5 Å². The predicted octanol–water partition coefficient (Wildman–Crippen LogP) is 1.34. The van der Waals surface area contributed by atoms with Gasteiger partial charge < -0.3 is 4.90 Å². The summed E-state index contributed by atoms with van der Waals surface area (Å²) in [7, 11) is 0. The van der Waals surface area contributed by atoms with Gasteiger partial charge in [-0.3, -0.25) is 10.1 Å². The first-order chi connectivity index (χ1) is 6.74. The summed E-state index contributed by atoms with van der Waals surface area (Å²) in [5, 5.41) is 3.30. The number of rotatable bonds is 4. The molecule has 0 aromatic heterocycles. The third kappa shape index (κ3) is 1.78. The molecule has 3 nitrogen and oxygen atoms in total. The Balaban J connectivity index is 1.91. The fraction of sp³-hybridized carbons (Fsp3) is 0.909. The Morgan fingerprint density at radius 3 is 2.86 bits per heavy atom. The molecule has 2 unspecified atom stereocenters. The van der Waals surface area contributed by atoms with Gasteiger partial charge in [-0.2, -0.15) is 0 Å². The first kappa shape index (κ1) is 9.97. The van der Waals surface area contributed by atoms with Crippen LogP contribution in [-0.2, 0) is 4.79 Å². The number of carbonyl (C=O) groups excluding carboxylic acids is 1. The third-order valence-electron chi connectivity index (χ3n) is 3.46. The van der Waals surface area contributed by atoms with Gasteiger partial charge in [0.25, 0.3) is 0 Å². The Labute approximate surface area is 85.8 Å². The van der Waals surface area contributed by atoms with Crippen LogP contribution in [-0.4, -0.2) is 29.6 Å². The molecule has 0 aromatic carbocycles. The molecule has 2 fully saturated rings. The predicted molar refractivity (Wildman–Crippen MR) is 55.7 cm³/mol. The van der Waals surface area contributed by atoms with Crippen molar-refractivity contribution >= 4 is 5.91 Å². The Bertz CT molecular complexity index is 225. The molecule has 2 aliphatic rings. The molecule has 1 heterocycles. The molecule has 0 aromatic rings. The van der Waals surface area contributed by atoms with Crippen LogP contribution < -0.4 is 5.32 Å². The monoisotopic (exact) mass is 196 g/mol. The molecule has 14 heavy (non-hydrogen) atoms. The first-order valence-electron chi connectivity index (χ1n) is 5.78. The molecule has 1 saturated heterocycles. The van der Waals surface area contributed by atoms with E-state index in [1.807, 2.05) is 4.90 Å². The molecular weight excluding hydrogens is 176 g/mol. The highest BCUT2D eigenvalue weighted by molar-refractivity contribution is 5.84. The van der Waals surface area contributed by atoms with Crippen LogP contribution in [0, 0.1) is 5.92 Å². The molecule has 1 saturated carbocycles. The smallest absolute Gasteiger partial charge is 0.241 e. The minimum Gasteiger partial charge on any atom is -0.326 e. The van der Waals surface area contributed by atoms with E-state index in [-0.39, 0.29) is 6.04 Å². The Hall–Kier alpha value is -0.570. The van der Waals surface area contributed by atoms with E-state index in [1.54, 1.807) is 0 Å². The number of nitrogens with zero attached hydrogens (tertiary/aromatic N) is 1. The van der Waals surface area contributed by atoms with Gasteiger partial charge in [-0.05, 0) is 32.1 Å². The van der Waals surface area contributed by atoms with Gasteiger partial charge in [-0.1, -0.05) is 13.3 Å². The average molecular weight is 196 g/mol. The third-order valence-corrected chi connectivity index (χ3v) is 3.46. The normalized spacial score (nSPS) is 29.7. The Kier molecular flexibility index (Phi) is 2.77. The molecule has 1 aliphatic carbocycles. The maximum Gasteiger partial charge on any atom is 0.241 e. The zero-order valence-electron chi connectivity index (χ0n) is 9.12. The van der Waals surface area contributed by atoms with Gasteiger partial charge in [0.15, 0.2) is 0 Å². The first-order valence-corrected chi connectivity index (χ1v) is 5.78. The molecule has 1 aliphatic heterocycles. The van der Waals surface area contributed by atoms with Gasteiger partial charge in [0, 0.05) is 6.04 Å². The van der Waals surface area contributed by atoms with Crippen molar-refractivity contribution in [2.24, 2.45) is 5.92 Å². The number of amides is 1. The second-order valence-electron chi connectivity index (χ2n) is 4.59. The molecule has 2 atom stereocenters. The largest absolute Gasteiger partial charge is 0.326 e. The summed E-state index contributed by atoms with van der Waals surface area (Å²) in [5.41, 5.74) is 0. The van der Waals surface area contributed by atoms with Crippen LogP contribution in [0.15, 0.2) is 0 Å². The standard InChI is InChI=1S/C11H20N2O/c1-3-4-10-11(14)13(7-12-10)8(2)9-5-6-9/h8-10,12H,3-7H2,1-2H3. The van der Waals surface area contributed by atoms with E-state index in [0.29, 0.717) is 11.9 Å². The molecule has 1 amide bonds. The Morgan fingerprint density at radius 1 is 1.57 bits per heavy atom.